The second kappa shape index (κ2) is 4.69. The van der Waals surface area contributed by atoms with Crippen molar-refractivity contribution in [2.45, 2.75) is 13.0 Å². The highest BCUT2D eigenvalue weighted by molar-refractivity contribution is 5.89. The van der Waals surface area contributed by atoms with Gasteiger partial charge in [0.2, 0.25) is 0 Å². The van der Waals surface area contributed by atoms with Crippen molar-refractivity contribution in [3.8, 4) is 0 Å². The molecule has 5 heteroatoms. The molecule has 2 rings (SSSR count). The number of H-pyrrole nitrogens is 1. The molecule has 2 aromatic rings. The summed E-state index contributed by atoms with van der Waals surface area (Å²) >= 11 is 0. The summed E-state index contributed by atoms with van der Waals surface area (Å²) in [5.41, 5.74) is 0.835. The van der Waals surface area contributed by atoms with Crippen LogP contribution in [0.25, 0.3) is 0 Å². The van der Waals surface area contributed by atoms with Crippen LogP contribution in [-0.2, 0) is 13.0 Å². The molecular formula is C12H12N2O3. The van der Waals surface area contributed by atoms with Gasteiger partial charge in [0.1, 0.15) is 0 Å². The number of hydrogen-bond donors (Lipinski definition) is 2. The van der Waals surface area contributed by atoms with E-state index >= 15 is 0 Å². The molecule has 5 nitrogen and oxygen atoms in total. The van der Waals surface area contributed by atoms with Crippen molar-refractivity contribution in [2.75, 3.05) is 0 Å². The Balaban J connectivity index is 2.17. The fourth-order valence-electron chi connectivity index (χ4n) is 1.71. The third-order valence-electron chi connectivity index (χ3n) is 2.59. The maximum atomic E-state index is 11.3. The summed E-state index contributed by atoms with van der Waals surface area (Å²) in [6.07, 6.45) is 3.72. The van der Waals surface area contributed by atoms with Crippen molar-refractivity contribution < 1.29 is 9.90 Å². The van der Waals surface area contributed by atoms with Gasteiger partial charge in [0.25, 0.3) is 0 Å². The van der Waals surface area contributed by atoms with Crippen molar-refractivity contribution in [1.82, 2.24) is 9.55 Å². The van der Waals surface area contributed by atoms with Crippen LogP contribution in [-0.4, -0.2) is 20.6 Å². The van der Waals surface area contributed by atoms with Gasteiger partial charge in [-0.2, -0.15) is 0 Å². The van der Waals surface area contributed by atoms with Gasteiger partial charge in [-0.1, -0.05) is 18.2 Å². The molecule has 0 fully saturated rings. The SMILES string of the molecule is O=C(O)c1ccccc1CCn1cc[nH]c1=O. The highest BCUT2D eigenvalue weighted by Crippen LogP contribution is 2.10. The number of carboxylic acids is 1. The minimum Gasteiger partial charge on any atom is -0.478 e. The summed E-state index contributed by atoms with van der Waals surface area (Å²) in [7, 11) is 0. The van der Waals surface area contributed by atoms with Gasteiger partial charge in [-0.25, -0.2) is 9.59 Å². The van der Waals surface area contributed by atoms with E-state index in [2.05, 4.69) is 4.98 Å². The lowest BCUT2D eigenvalue weighted by molar-refractivity contribution is 0.0695. The van der Waals surface area contributed by atoms with Crippen LogP contribution in [0.2, 0.25) is 0 Å². The van der Waals surface area contributed by atoms with Crippen LogP contribution in [0.3, 0.4) is 0 Å². The number of carboxylic acid groups (broad SMARTS) is 1. The lowest BCUT2D eigenvalue weighted by Gasteiger charge is -2.05. The van der Waals surface area contributed by atoms with Gasteiger partial charge in [0.15, 0.2) is 0 Å². The number of nitrogens with zero attached hydrogens (tertiary/aromatic N) is 1. The number of benzene rings is 1. The molecule has 0 saturated carbocycles. The zero-order chi connectivity index (χ0) is 12.3. The van der Waals surface area contributed by atoms with Crippen molar-refractivity contribution in [1.29, 1.82) is 0 Å². The summed E-state index contributed by atoms with van der Waals surface area (Å²) in [4.78, 5) is 24.8. The average molecular weight is 232 g/mol. The minimum absolute atomic E-state index is 0.183. The van der Waals surface area contributed by atoms with Gasteiger partial charge >= 0.3 is 11.7 Å². The largest absolute Gasteiger partial charge is 0.478 e. The Kier molecular flexibility index (Phi) is 3.09. The molecule has 17 heavy (non-hydrogen) atoms. The summed E-state index contributed by atoms with van der Waals surface area (Å²) in [5.74, 6) is -0.943. The predicted molar refractivity (Wildman–Crippen MR) is 62.2 cm³/mol. The van der Waals surface area contributed by atoms with E-state index in [1.54, 1.807) is 36.7 Å². The molecule has 0 aliphatic heterocycles. The van der Waals surface area contributed by atoms with Crippen molar-refractivity contribution in [2.24, 2.45) is 0 Å². The van der Waals surface area contributed by atoms with Crippen LogP contribution in [0.5, 0.6) is 0 Å². The van der Waals surface area contributed by atoms with E-state index in [1.165, 1.54) is 4.57 Å². The summed E-state index contributed by atoms with van der Waals surface area (Å²) in [6.45, 7) is 0.465. The van der Waals surface area contributed by atoms with E-state index in [0.717, 1.165) is 5.56 Å². The van der Waals surface area contributed by atoms with Crippen LogP contribution in [0.15, 0.2) is 41.5 Å². The Morgan fingerprint density at radius 3 is 2.76 bits per heavy atom. The molecular weight excluding hydrogens is 220 g/mol. The normalized spacial score (nSPS) is 10.4. The Morgan fingerprint density at radius 2 is 2.12 bits per heavy atom. The smallest absolute Gasteiger partial charge is 0.335 e. The fourth-order valence-corrected chi connectivity index (χ4v) is 1.71. The van der Waals surface area contributed by atoms with Gasteiger partial charge < -0.3 is 10.1 Å². The van der Waals surface area contributed by atoms with Crippen molar-refractivity contribution in [3.63, 3.8) is 0 Å². The van der Waals surface area contributed by atoms with Crippen LogP contribution in [0.1, 0.15) is 15.9 Å². The maximum absolute atomic E-state index is 11.3. The second-order valence-corrected chi connectivity index (χ2v) is 3.67. The lowest BCUT2D eigenvalue weighted by Crippen LogP contribution is -2.18. The number of aromatic nitrogens is 2. The number of nitrogens with one attached hydrogen (secondary N) is 1. The minimum atomic E-state index is -0.943. The third kappa shape index (κ3) is 2.44. The number of imidazole rings is 1. The Labute approximate surface area is 97.3 Å². The average Bonchev–Trinajstić information content (AvgIpc) is 2.72. The molecule has 0 saturated heterocycles. The first-order valence-electron chi connectivity index (χ1n) is 5.23. The monoisotopic (exact) mass is 232 g/mol. The standard InChI is InChI=1S/C12H12N2O3/c15-11(16)10-4-2-1-3-9(10)5-7-14-8-6-13-12(14)17/h1-4,6,8H,5,7H2,(H,13,17)(H,15,16). The Hall–Kier alpha value is -2.30. The van der Waals surface area contributed by atoms with Crippen LogP contribution in [0, 0.1) is 0 Å². The van der Waals surface area contributed by atoms with E-state index in [9.17, 15) is 9.59 Å². The molecule has 1 aromatic carbocycles. The van der Waals surface area contributed by atoms with Gasteiger partial charge in [0.05, 0.1) is 5.56 Å². The third-order valence-corrected chi connectivity index (χ3v) is 2.59. The number of aromatic amines is 1. The molecule has 0 atom stereocenters. The van der Waals surface area contributed by atoms with Gasteiger partial charge in [-0.3, -0.25) is 4.57 Å². The van der Waals surface area contributed by atoms with Gasteiger partial charge in [-0.05, 0) is 18.1 Å². The van der Waals surface area contributed by atoms with E-state index in [0.29, 0.717) is 13.0 Å². The molecule has 2 N–H and O–H groups in total. The summed E-state index contributed by atoms with van der Waals surface area (Å²) < 4.78 is 1.51. The first kappa shape index (κ1) is 11.2. The molecule has 0 bridgehead atoms. The maximum Gasteiger partial charge on any atom is 0.335 e. The molecule has 0 aliphatic carbocycles. The molecule has 0 amide bonds. The summed E-state index contributed by atoms with van der Waals surface area (Å²) in [5, 5.41) is 9.00. The molecule has 0 unspecified atom stereocenters. The highest BCUT2D eigenvalue weighted by atomic mass is 16.4. The first-order chi connectivity index (χ1) is 8.18. The predicted octanol–water partition coefficient (Wildman–Crippen LogP) is 1.12. The number of hydrogen-bond acceptors (Lipinski definition) is 2. The molecule has 0 aliphatic rings. The lowest BCUT2D eigenvalue weighted by atomic mass is 10.0. The Morgan fingerprint density at radius 1 is 1.35 bits per heavy atom. The highest BCUT2D eigenvalue weighted by Gasteiger charge is 2.08. The van der Waals surface area contributed by atoms with E-state index in [4.69, 9.17) is 5.11 Å². The molecule has 0 radical (unpaired) electrons. The van der Waals surface area contributed by atoms with E-state index in [1.807, 2.05) is 0 Å². The number of carbonyl (C=O) groups is 1. The quantitative estimate of drug-likeness (QED) is 0.829. The van der Waals surface area contributed by atoms with E-state index < -0.39 is 5.97 Å². The molecule has 1 aromatic heterocycles. The summed E-state index contributed by atoms with van der Waals surface area (Å²) in [6, 6.07) is 6.82. The topological polar surface area (TPSA) is 75.1 Å². The van der Waals surface area contributed by atoms with Gasteiger partial charge in [0, 0.05) is 18.9 Å². The molecule has 1 heterocycles. The molecule has 88 valence electrons. The zero-order valence-corrected chi connectivity index (χ0v) is 9.09. The van der Waals surface area contributed by atoms with Crippen molar-refractivity contribution >= 4 is 5.97 Å². The van der Waals surface area contributed by atoms with Crippen LogP contribution >= 0.6 is 0 Å². The van der Waals surface area contributed by atoms with Gasteiger partial charge in [-0.15, -0.1) is 0 Å². The molecule has 0 spiro atoms. The zero-order valence-electron chi connectivity index (χ0n) is 9.09. The van der Waals surface area contributed by atoms with Crippen molar-refractivity contribution in [3.05, 3.63) is 58.3 Å². The van der Waals surface area contributed by atoms with Crippen LogP contribution < -0.4 is 5.69 Å². The van der Waals surface area contributed by atoms with Crippen LogP contribution in [0.4, 0.5) is 0 Å². The van der Waals surface area contributed by atoms with E-state index in [-0.39, 0.29) is 11.3 Å². The second-order valence-electron chi connectivity index (χ2n) is 3.67. The Bertz CT molecular complexity index is 583. The first-order valence-corrected chi connectivity index (χ1v) is 5.23. The number of rotatable bonds is 4. The fraction of sp³-hybridized carbons (Fsp3) is 0.167. The number of aryl methyl sites for hydroxylation is 2. The number of aromatic carboxylic acids is 1.